The maximum Gasteiger partial charge on any atom is 0.350 e. The number of benzene rings is 3. The van der Waals surface area contributed by atoms with Crippen molar-refractivity contribution in [1.82, 2.24) is 0 Å². The molecule has 3 aromatic carbocycles. The van der Waals surface area contributed by atoms with Gasteiger partial charge in [0.1, 0.15) is 23.0 Å². The number of nitrogens with one attached hydrogen (secondary N) is 1. The van der Waals surface area contributed by atoms with Crippen LogP contribution in [-0.4, -0.2) is 21.7 Å². The molecule has 11 nitrogen and oxygen atoms in total. The lowest BCUT2D eigenvalue weighted by atomic mass is 10.1. The zero-order valence-corrected chi connectivity index (χ0v) is 19.3. The van der Waals surface area contributed by atoms with E-state index in [2.05, 4.69) is 5.32 Å². The minimum absolute atomic E-state index is 0.0719. The second kappa shape index (κ2) is 11.1. The van der Waals surface area contributed by atoms with E-state index in [1.807, 2.05) is 0 Å². The number of para-hydroxylation sites is 1. The molecule has 0 aliphatic rings. The lowest BCUT2D eigenvalue weighted by Gasteiger charge is -2.09. The summed E-state index contributed by atoms with van der Waals surface area (Å²) in [6.07, 6.45) is 1.23. The topological polar surface area (TPSA) is 165 Å². The molecule has 0 bridgehead atoms. The van der Waals surface area contributed by atoms with Crippen LogP contribution in [0.25, 0.3) is 6.08 Å². The molecule has 3 rings (SSSR count). The maximum atomic E-state index is 12.6. The number of rotatable bonds is 7. The lowest BCUT2D eigenvalue weighted by Crippen LogP contribution is -2.14. The molecule has 1 amide bonds. The minimum atomic E-state index is -0.931. The smallest absolute Gasteiger partial charge is 0.350 e. The van der Waals surface area contributed by atoms with Crippen LogP contribution in [0.4, 0.5) is 17.1 Å². The van der Waals surface area contributed by atoms with Gasteiger partial charge in [0.25, 0.3) is 17.3 Å². The number of non-ortho nitro benzene ring substituents is 1. The molecule has 36 heavy (non-hydrogen) atoms. The van der Waals surface area contributed by atoms with Gasteiger partial charge in [-0.3, -0.25) is 25.0 Å². The average Bonchev–Trinajstić information content (AvgIpc) is 2.85. The minimum Gasteiger partial charge on any atom is -0.423 e. The van der Waals surface area contributed by atoms with Gasteiger partial charge in [0.15, 0.2) is 0 Å². The third-order valence-electron chi connectivity index (χ3n) is 4.56. The van der Waals surface area contributed by atoms with E-state index >= 15 is 0 Å². The van der Waals surface area contributed by atoms with Crippen molar-refractivity contribution in [2.45, 2.75) is 0 Å². The van der Waals surface area contributed by atoms with E-state index in [4.69, 9.17) is 27.9 Å². The molecule has 13 heteroatoms. The van der Waals surface area contributed by atoms with E-state index in [1.54, 1.807) is 6.07 Å². The number of esters is 1. The Morgan fingerprint density at radius 3 is 2.14 bits per heavy atom. The molecule has 0 atom stereocenters. The van der Waals surface area contributed by atoms with Gasteiger partial charge in [0.05, 0.1) is 25.6 Å². The van der Waals surface area contributed by atoms with Crippen LogP contribution < -0.4 is 10.1 Å². The number of nitro benzene ring substituents is 2. The first kappa shape index (κ1) is 25.8. The summed E-state index contributed by atoms with van der Waals surface area (Å²) in [5.74, 6) is -1.73. The maximum absolute atomic E-state index is 12.6. The van der Waals surface area contributed by atoms with Gasteiger partial charge in [-0.05, 0) is 29.8 Å². The van der Waals surface area contributed by atoms with Crippen LogP contribution in [0.2, 0.25) is 10.0 Å². The fourth-order valence-corrected chi connectivity index (χ4v) is 3.45. The SMILES string of the molecule is N#C/C(=C\c1ccc(OC(=O)c2ccccc2[N+](=O)[O-])cc1)C(=O)Nc1c(Cl)cc([N+](=O)[O-])cc1Cl. The second-order valence-corrected chi connectivity index (χ2v) is 7.71. The number of carbonyl (C=O) groups is 2. The number of ether oxygens (including phenoxy) is 1. The summed E-state index contributed by atoms with van der Waals surface area (Å²) >= 11 is 12.0. The van der Waals surface area contributed by atoms with Gasteiger partial charge in [0.2, 0.25) is 0 Å². The molecule has 0 aliphatic heterocycles. The Bertz CT molecular complexity index is 1440. The van der Waals surface area contributed by atoms with Crippen LogP contribution in [-0.2, 0) is 4.79 Å². The van der Waals surface area contributed by atoms with Gasteiger partial charge < -0.3 is 10.1 Å². The van der Waals surface area contributed by atoms with Crippen LogP contribution in [0.5, 0.6) is 5.75 Å². The van der Waals surface area contributed by atoms with E-state index in [9.17, 15) is 35.1 Å². The number of nitriles is 1. The van der Waals surface area contributed by atoms with E-state index in [-0.39, 0.29) is 38.3 Å². The average molecular weight is 527 g/mol. The Morgan fingerprint density at radius 1 is 0.972 bits per heavy atom. The molecular weight excluding hydrogens is 515 g/mol. The number of carbonyl (C=O) groups excluding carboxylic acids is 2. The summed E-state index contributed by atoms with van der Waals surface area (Å²) in [6.45, 7) is 0. The van der Waals surface area contributed by atoms with E-state index in [1.165, 1.54) is 54.6 Å². The van der Waals surface area contributed by atoms with Crippen molar-refractivity contribution in [1.29, 1.82) is 5.26 Å². The summed E-state index contributed by atoms with van der Waals surface area (Å²) in [6, 6.07) is 14.7. The zero-order valence-electron chi connectivity index (χ0n) is 17.8. The van der Waals surface area contributed by atoms with Crippen molar-refractivity contribution in [3.8, 4) is 11.8 Å². The van der Waals surface area contributed by atoms with Crippen LogP contribution >= 0.6 is 23.2 Å². The van der Waals surface area contributed by atoms with Crippen molar-refractivity contribution < 1.29 is 24.2 Å². The number of nitro groups is 2. The number of anilines is 1. The van der Waals surface area contributed by atoms with Crippen molar-refractivity contribution >= 4 is 58.2 Å². The summed E-state index contributed by atoms with van der Waals surface area (Å²) in [5, 5.41) is 33.4. The fourth-order valence-electron chi connectivity index (χ4n) is 2.88. The third kappa shape index (κ3) is 6.01. The quantitative estimate of drug-likeness (QED) is 0.104. The highest BCUT2D eigenvalue weighted by Crippen LogP contribution is 2.35. The highest BCUT2D eigenvalue weighted by molar-refractivity contribution is 6.40. The summed E-state index contributed by atoms with van der Waals surface area (Å²) in [4.78, 5) is 45.5. The molecule has 180 valence electrons. The summed E-state index contributed by atoms with van der Waals surface area (Å²) < 4.78 is 5.17. The van der Waals surface area contributed by atoms with Crippen LogP contribution in [0, 0.1) is 31.6 Å². The Labute approximate surface area is 212 Å². The van der Waals surface area contributed by atoms with Gasteiger partial charge >= 0.3 is 5.97 Å². The largest absolute Gasteiger partial charge is 0.423 e. The summed E-state index contributed by atoms with van der Waals surface area (Å²) in [7, 11) is 0. The van der Waals surface area contributed by atoms with Gasteiger partial charge in [-0.2, -0.15) is 5.26 Å². The molecule has 0 aromatic heterocycles. The molecule has 0 radical (unpaired) electrons. The molecule has 0 saturated carbocycles. The molecular formula is C23H12Cl2N4O7. The highest BCUT2D eigenvalue weighted by Gasteiger charge is 2.21. The van der Waals surface area contributed by atoms with E-state index < -0.39 is 27.4 Å². The predicted molar refractivity (Wildman–Crippen MR) is 130 cm³/mol. The standard InChI is InChI=1S/C23H12Cl2N4O7/c24-18-10-15(28(32)33)11-19(25)21(18)27-22(30)14(12-26)9-13-5-7-16(8-6-13)36-23(31)17-3-1-2-4-20(17)29(34)35/h1-11H,(H,27,30)/b14-9+. The van der Waals surface area contributed by atoms with Crippen LogP contribution in [0.15, 0.2) is 66.2 Å². The van der Waals surface area contributed by atoms with Crippen molar-refractivity contribution in [3.63, 3.8) is 0 Å². The number of hydrogen-bond acceptors (Lipinski definition) is 8. The number of amides is 1. The van der Waals surface area contributed by atoms with Gasteiger partial charge in [0, 0.05) is 18.2 Å². The Hall–Kier alpha value is -4.79. The fraction of sp³-hybridized carbons (Fsp3) is 0. The first-order valence-corrected chi connectivity index (χ1v) is 10.5. The highest BCUT2D eigenvalue weighted by atomic mass is 35.5. The molecule has 0 spiro atoms. The van der Waals surface area contributed by atoms with Gasteiger partial charge in [-0.25, -0.2) is 4.79 Å². The second-order valence-electron chi connectivity index (χ2n) is 6.90. The predicted octanol–water partition coefficient (Wildman–Crippen LogP) is 5.57. The van der Waals surface area contributed by atoms with Crippen molar-refractivity contribution in [2.75, 3.05) is 5.32 Å². The Morgan fingerprint density at radius 2 is 1.58 bits per heavy atom. The first-order chi connectivity index (χ1) is 17.1. The van der Waals surface area contributed by atoms with Crippen LogP contribution in [0.1, 0.15) is 15.9 Å². The molecule has 0 heterocycles. The third-order valence-corrected chi connectivity index (χ3v) is 5.16. The van der Waals surface area contributed by atoms with E-state index in [0.717, 1.165) is 12.1 Å². The zero-order chi connectivity index (χ0) is 26.4. The lowest BCUT2D eigenvalue weighted by molar-refractivity contribution is -0.385. The molecule has 3 aromatic rings. The van der Waals surface area contributed by atoms with Crippen molar-refractivity contribution in [3.05, 3.63) is 108 Å². The Balaban J connectivity index is 1.76. The normalized spacial score (nSPS) is 10.8. The Kier molecular flexibility index (Phi) is 7.96. The number of halogens is 2. The first-order valence-electron chi connectivity index (χ1n) is 9.73. The summed E-state index contributed by atoms with van der Waals surface area (Å²) in [5.41, 5.74) is -1.06. The molecule has 0 aliphatic carbocycles. The molecule has 1 N–H and O–H groups in total. The molecule has 0 fully saturated rings. The van der Waals surface area contributed by atoms with Crippen molar-refractivity contribution in [2.24, 2.45) is 0 Å². The monoisotopic (exact) mass is 526 g/mol. The molecule has 0 unspecified atom stereocenters. The van der Waals surface area contributed by atoms with Crippen LogP contribution in [0.3, 0.4) is 0 Å². The van der Waals surface area contributed by atoms with E-state index in [0.29, 0.717) is 5.56 Å². The van der Waals surface area contributed by atoms with Gasteiger partial charge in [-0.15, -0.1) is 0 Å². The molecule has 0 saturated heterocycles. The number of nitrogens with zero attached hydrogens (tertiary/aromatic N) is 3. The van der Waals surface area contributed by atoms with Gasteiger partial charge in [-0.1, -0.05) is 47.5 Å². The number of hydrogen-bond donors (Lipinski definition) is 1.